The van der Waals surface area contributed by atoms with Crippen molar-refractivity contribution in [2.75, 3.05) is 20.3 Å². The number of carbonyl (C=O) groups excluding carboxylic acids is 1. The molecule has 14 unspecified atom stereocenters. The number of cyclic esters (lactones) is 1. The normalized spacial score (nSPS) is 54.2. The summed E-state index contributed by atoms with van der Waals surface area (Å²) >= 11 is 0. The zero-order valence-electron chi connectivity index (χ0n) is 23.8. The molecule has 10 heteroatoms. The summed E-state index contributed by atoms with van der Waals surface area (Å²) in [5.74, 6) is -0.461. The van der Waals surface area contributed by atoms with Gasteiger partial charge in [0.05, 0.1) is 23.9 Å². The van der Waals surface area contributed by atoms with E-state index in [1.165, 1.54) is 13.2 Å². The van der Waals surface area contributed by atoms with Crippen molar-refractivity contribution >= 4 is 5.97 Å². The van der Waals surface area contributed by atoms with Crippen molar-refractivity contribution in [1.29, 1.82) is 0 Å². The first-order valence-corrected chi connectivity index (χ1v) is 15.1. The lowest BCUT2D eigenvalue weighted by molar-refractivity contribution is -0.314. The van der Waals surface area contributed by atoms with E-state index in [1.54, 1.807) is 6.92 Å². The number of hydrogen-bond donors (Lipinski definition) is 5. The van der Waals surface area contributed by atoms with Gasteiger partial charge in [0.15, 0.2) is 6.29 Å². The van der Waals surface area contributed by atoms with E-state index in [9.17, 15) is 30.3 Å². The van der Waals surface area contributed by atoms with E-state index in [0.29, 0.717) is 12.8 Å². The van der Waals surface area contributed by atoms with E-state index in [1.807, 2.05) is 0 Å². The SMILES string of the molecule is COC1C(O)C(C)OC(OC2CCC3(CO)C(CCC4C3CCC3(C)C(C5=CC(=O)OC5)C(O)CC43O)C2)C1O. The maximum absolute atomic E-state index is 12.4. The molecule has 1 saturated heterocycles. The summed E-state index contributed by atoms with van der Waals surface area (Å²) in [4.78, 5) is 11.8. The molecule has 0 bridgehead atoms. The van der Waals surface area contributed by atoms with E-state index in [4.69, 9.17) is 18.9 Å². The third-order valence-corrected chi connectivity index (χ3v) is 12.3. The number of esters is 1. The molecule has 0 spiro atoms. The first-order chi connectivity index (χ1) is 19.0. The zero-order valence-corrected chi connectivity index (χ0v) is 23.8. The van der Waals surface area contributed by atoms with Gasteiger partial charge in [-0.2, -0.15) is 0 Å². The van der Waals surface area contributed by atoms with Crippen LogP contribution in [0.25, 0.3) is 0 Å². The van der Waals surface area contributed by atoms with Crippen LogP contribution in [0, 0.1) is 34.5 Å². The molecule has 6 rings (SSSR count). The van der Waals surface area contributed by atoms with Gasteiger partial charge in [0.25, 0.3) is 0 Å². The largest absolute Gasteiger partial charge is 0.458 e. The van der Waals surface area contributed by atoms with Crippen LogP contribution in [-0.2, 0) is 23.7 Å². The highest BCUT2D eigenvalue weighted by Crippen LogP contribution is 2.70. The topological polar surface area (TPSA) is 155 Å². The van der Waals surface area contributed by atoms with E-state index < -0.39 is 47.8 Å². The van der Waals surface area contributed by atoms with Gasteiger partial charge in [0.1, 0.15) is 24.9 Å². The minimum atomic E-state index is -1.11. The average Bonchev–Trinajstić information content (AvgIpc) is 3.43. The van der Waals surface area contributed by atoms with Gasteiger partial charge in [0.2, 0.25) is 0 Å². The van der Waals surface area contributed by atoms with Gasteiger partial charge in [-0.3, -0.25) is 0 Å². The van der Waals surface area contributed by atoms with Crippen molar-refractivity contribution in [2.24, 2.45) is 34.5 Å². The van der Waals surface area contributed by atoms with Crippen molar-refractivity contribution in [3.8, 4) is 0 Å². The molecule has 226 valence electrons. The molecule has 6 aliphatic rings. The Morgan fingerprint density at radius 1 is 1.07 bits per heavy atom. The van der Waals surface area contributed by atoms with Crippen LogP contribution in [0.15, 0.2) is 11.6 Å². The molecule has 0 radical (unpaired) electrons. The second kappa shape index (κ2) is 10.3. The molecule has 0 aromatic carbocycles. The first kappa shape index (κ1) is 29.0. The molecule has 2 aliphatic heterocycles. The first-order valence-electron chi connectivity index (χ1n) is 15.1. The standard InChI is InChI=1S/C30H46O10/c1-15-24(34)26(37-3)25(35)27(39-15)40-18-6-9-29(14-31)17(11-18)4-5-20-19(29)7-8-28(2)23(16-10-22(33)38-13-16)21(32)12-30(20,28)36/h10,15,17-21,23-27,31-32,34-36H,4-9,11-14H2,1-3H3. The molecule has 4 aliphatic carbocycles. The lowest BCUT2D eigenvalue weighted by atomic mass is 9.43. The molecule has 0 aromatic heterocycles. The number of aliphatic hydroxyl groups excluding tert-OH is 4. The molecule has 10 nitrogen and oxygen atoms in total. The highest BCUT2D eigenvalue weighted by Gasteiger charge is 2.70. The Balaban J connectivity index is 1.20. The van der Waals surface area contributed by atoms with E-state index >= 15 is 0 Å². The Labute approximate surface area is 235 Å². The monoisotopic (exact) mass is 566 g/mol. The molecule has 2 heterocycles. The van der Waals surface area contributed by atoms with Crippen LogP contribution in [0.2, 0.25) is 0 Å². The van der Waals surface area contributed by atoms with Crippen LogP contribution >= 0.6 is 0 Å². The van der Waals surface area contributed by atoms with Gasteiger partial charge in [0, 0.05) is 37.5 Å². The van der Waals surface area contributed by atoms with Gasteiger partial charge in [-0.05, 0) is 80.6 Å². The number of carbonyl (C=O) groups is 1. The fourth-order valence-corrected chi connectivity index (χ4v) is 10.3. The molecule has 0 amide bonds. The Morgan fingerprint density at radius 2 is 1.85 bits per heavy atom. The second-order valence-electron chi connectivity index (χ2n) is 13.8. The number of aliphatic hydroxyl groups is 5. The molecule has 4 saturated carbocycles. The van der Waals surface area contributed by atoms with Crippen molar-refractivity contribution in [3.05, 3.63) is 11.6 Å². The predicted molar refractivity (Wildman–Crippen MR) is 141 cm³/mol. The van der Waals surface area contributed by atoms with Crippen LogP contribution in [0.5, 0.6) is 0 Å². The van der Waals surface area contributed by atoms with Crippen LogP contribution < -0.4 is 0 Å². The minimum absolute atomic E-state index is 0.0371. The van der Waals surface area contributed by atoms with Gasteiger partial charge >= 0.3 is 5.97 Å². The molecular weight excluding hydrogens is 520 g/mol. The third kappa shape index (κ3) is 4.08. The van der Waals surface area contributed by atoms with Gasteiger partial charge in [-0.25, -0.2) is 4.79 Å². The van der Waals surface area contributed by atoms with Gasteiger partial charge in [-0.1, -0.05) is 6.92 Å². The summed E-state index contributed by atoms with van der Waals surface area (Å²) in [6.07, 6.45) is 1.86. The lowest BCUT2D eigenvalue weighted by Gasteiger charge is -2.64. The van der Waals surface area contributed by atoms with Crippen LogP contribution in [0.3, 0.4) is 0 Å². The summed E-state index contributed by atoms with van der Waals surface area (Å²) in [6.45, 7) is 4.01. The fourth-order valence-electron chi connectivity index (χ4n) is 10.3. The van der Waals surface area contributed by atoms with Crippen molar-refractivity contribution < 1.29 is 49.3 Å². The molecule has 0 aromatic rings. The number of fused-ring (bicyclic) bond motifs is 5. The van der Waals surface area contributed by atoms with E-state index in [2.05, 4.69) is 6.92 Å². The summed E-state index contributed by atoms with van der Waals surface area (Å²) in [5.41, 5.74) is -1.24. The predicted octanol–water partition coefficient (Wildman–Crippen LogP) is 1.05. The van der Waals surface area contributed by atoms with Crippen LogP contribution in [0.1, 0.15) is 65.2 Å². The summed E-state index contributed by atoms with van der Waals surface area (Å²) < 4.78 is 22.6. The number of ether oxygens (including phenoxy) is 4. The quantitative estimate of drug-likeness (QED) is 0.241. The Hall–Kier alpha value is -1.11. The van der Waals surface area contributed by atoms with Crippen molar-refractivity contribution in [3.63, 3.8) is 0 Å². The molecule has 5 fully saturated rings. The molecule has 5 N–H and O–H groups in total. The Morgan fingerprint density at radius 3 is 2.52 bits per heavy atom. The lowest BCUT2D eigenvalue weighted by Crippen LogP contribution is -2.64. The van der Waals surface area contributed by atoms with Gasteiger partial charge < -0.3 is 44.5 Å². The second-order valence-corrected chi connectivity index (χ2v) is 13.8. The molecule has 40 heavy (non-hydrogen) atoms. The minimum Gasteiger partial charge on any atom is -0.458 e. The average molecular weight is 567 g/mol. The van der Waals surface area contributed by atoms with E-state index in [-0.39, 0.29) is 60.8 Å². The summed E-state index contributed by atoms with van der Waals surface area (Å²) in [6, 6.07) is 0. The van der Waals surface area contributed by atoms with Crippen molar-refractivity contribution in [1.82, 2.24) is 0 Å². The van der Waals surface area contributed by atoms with Crippen molar-refractivity contribution in [2.45, 2.75) is 114 Å². The highest BCUT2D eigenvalue weighted by atomic mass is 16.7. The number of methoxy groups -OCH3 is 1. The maximum atomic E-state index is 12.4. The summed E-state index contributed by atoms with van der Waals surface area (Å²) in [7, 11) is 1.45. The third-order valence-electron chi connectivity index (χ3n) is 12.3. The summed E-state index contributed by atoms with van der Waals surface area (Å²) in [5, 5.41) is 55.7. The van der Waals surface area contributed by atoms with Crippen LogP contribution in [0.4, 0.5) is 0 Å². The Kier molecular flexibility index (Phi) is 7.43. The zero-order chi connectivity index (χ0) is 28.6. The van der Waals surface area contributed by atoms with Gasteiger partial charge in [-0.15, -0.1) is 0 Å². The fraction of sp³-hybridized carbons (Fsp3) is 0.900. The molecule has 14 atom stereocenters. The maximum Gasteiger partial charge on any atom is 0.331 e. The Bertz CT molecular complexity index is 1020. The molecular formula is C30H46O10. The van der Waals surface area contributed by atoms with E-state index in [0.717, 1.165) is 37.7 Å². The highest BCUT2D eigenvalue weighted by molar-refractivity contribution is 5.85. The van der Waals surface area contributed by atoms with Crippen LogP contribution in [-0.4, -0.2) is 100 Å². The number of hydrogen-bond acceptors (Lipinski definition) is 10. The number of rotatable bonds is 5. The smallest absolute Gasteiger partial charge is 0.331 e.